The van der Waals surface area contributed by atoms with Crippen LogP contribution in [0, 0.1) is 6.92 Å². The smallest absolute Gasteiger partial charge is 0.143 e. The fourth-order valence-electron chi connectivity index (χ4n) is 23.3. The van der Waals surface area contributed by atoms with Gasteiger partial charge in [0.05, 0.1) is 10.8 Å². The van der Waals surface area contributed by atoms with Crippen molar-refractivity contribution < 1.29 is 13.3 Å². The van der Waals surface area contributed by atoms with Gasteiger partial charge in [-0.15, -0.1) is 0 Å². The van der Waals surface area contributed by atoms with Gasteiger partial charge in [-0.3, -0.25) is 0 Å². The molecule has 3 aromatic heterocycles. The van der Waals surface area contributed by atoms with Crippen molar-refractivity contribution in [3.8, 4) is 89.0 Å². The average molecular weight is 1430 g/mol. The van der Waals surface area contributed by atoms with E-state index in [1.165, 1.54) is 183 Å². The first kappa shape index (κ1) is 61.6. The van der Waals surface area contributed by atoms with Gasteiger partial charge in [0.2, 0.25) is 0 Å². The van der Waals surface area contributed by atoms with Crippen LogP contribution in [-0.2, 0) is 27.1 Å². The van der Waals surface area contributed by atoms with Crippen molar-refractivity contribution in [2.75, 3.05) is 4.90 Å². The van der Waals surface area contributed by atoms with Crippen molar-refractivity contribution >= 4 is 82.9 Å². The van der Waals surface area contributed by atoms with Crippen LogP contribution in [0.3, 0.4) is 0 Å². The van der Waals surface area contributed by atoms with E-state index in [0.717, 1.165) is 72.3 Å². The topological polar surface area (TPSA) is 42.7 Å². The lowest BCUT2D eigenvalue weighted by atomic mass is 9.68. The SMILES string of the molecule is Cc1ccccc1-c1cc2c(c3c1oc1ccccc13)-c1ccc(N(c3ccc4c(c3)C(C)(C)c3cc5c(cc3-4)C(C)(C)c3ccc4oc6ccccc6c4c3-5)c3ccc4c(c3)C3(c5ccccc5-c5ccccc53)c3cc5c(cc3-4)C3(c4ccccc4-c4ccccc43)c3ccc4oc6ccccc6c4c3-5)cc1C2(C)C. The van der Waals surface area contributed by atoms with E-state index in [1.54, 1.807) is 0 Å². The first-order valence-electron chi connectivity index (χ1n) is 39.7. The fourth-order valence-corrected chi connectivity index (χ4v) is 23.3. The first-order valence-corrected chi connectivity index (χ1v) is 39.7. The summed E-state index contributed by atoms with van der Waals surface area (Å²) >= 11 is 0. The molecule has 3 heterocycles. The lowest BCUT2D eigenvalue weighted by Crippen LogP contribution is -2.27. The molecule has 7 aliphatic rings. The molecule has 2 spiro atoms. The summed E-state index contributed by atoms with van der Waals surface area (Å²) in [6.07, 6.45) is 0. The second-order valence-corrected chi connectivity index (χ2v) is 34.4. The minimum absolute atomic E-state index is 0.249. The normalized spacial score (nSPS) is 15.8. The summed E-state index contributed by atoms with van der Waals surface area (Å²) in [5.74, 6) is 0. The third-order valence-electron chi connectivity index (χ3n) is 28.2. The van der Waals surface area contributed by atoms with E-state index in [0.29, 0.717) is 0 Å². The highest BCUT2D eigenvalue weighted by molar-refractivity contribution is 6.21. The van der Waals surface area contributed by atoms with Crippen LogP contribution in [0.25, 0.3) is 155 Å². The van der Waals surface area contributed by atoms with Crippen LogP contribution < -0.4 is 4.90 Å². The van der Waals surface area contributed by atoms with Crippen LogP contribution in [0.5, 0.6) is 0 Å². The van der Waals surface area contributed by atoms with E-state index in [2.05, 4.69) is 357 Å². The molecule has 19 aromatic rings. The Kier molecular flexibility index (Phi) is 11.3. The molecule has 0 aliphatic heterocycles. The molecular weight excluding hydrogens is 1360 g/mol. The zero-order chi connectivity index (χ0) is 74.1. The van der Waals surface area contributed by atoms with Crippen molar-refractivity contribution in [3.63, 3.8) is 0 Å². The standard InChI is InChI=1S/C108H71NO3/c1-58-24-8-9-25-62(58)75-55-91-97(102-72-32-16-23-39-94(72)112-103(75)102)69-45-42-60(51-85(69)106(91,6)7)109(59-40-43-67-73-53-87-76(56-86(73)105(4,5)84(67)50-59)98-82(104(87,2)3)46-48-95-100(98)70-30-14-21-37-92(70)110-95)61-41-44-68-74-54-90-77(57-89(74)108(88(68)52-61)80-35-19-12-28-65(80)66-29-13-20-36-81(66)108)99-83(47-49-96-101(99)71-31-15-22-38-93(71)111-96)107(90)78-33-17-10-26-63(78)64-27-11-18-34-79(64)107/h8-57H,1-7H3. The lowest BCUT2D eigenvalue weighted by molar-refractivity contribution is 0.651. The minimum Gasteiger partial charge on any atom is -0.456 e. The van der Waals surface area contributed by atoms with E-state index < -0.39 is 16.2 Å². The number of fused-ring (bicyclic) bond motifs is 41. The molecule has 0 saturated carbocycles. The molecule has 4 heteroatoms. The number of para-hydroxylation sites is 3. The molecule has 526 valence electrons. The Morgan fingerprint density at radius 3 is 1.13 bits per heavy atom. The molecule has 0 fully saturated rings. The number of aryl methyl sites for hydroxylation is 1. The summed E-state index contributed by atoms with van der Waals surface area (Å²) in [6, 6.07) is 116. The fraction of sp³-hybridized carbons (Fsp3) is 0.111. The molecule has 7 aliphatic carbocycles. The Morgan fingerprint density at radius 1 is 0.214 bits per heavy atom. The average Bonchev–Trinajstić information content (AvgIpc) is 1.48. The number of benzene rings is 16. The van der Waals surface area contributed by atoms with E-state index in [-0.39, 0.29) is 10.8 Å². The predicted molar refractivity (Wildman–Crippen MR) is 458 cm³/mol. The van der Waals surface area contributed by atoms with E-state index >= 15 is 0 Å². The molecule has 0 amide bonds. The van der Waals surface area contributed by atoms with Crippen molar-refractivity contribution in [3.05, 3.63) is 387 Å². The van der Waals surface area contributed by atoms with E-state index in [1.807, 2.05) is 0 Å². The number of anilines is 3. The maximum absolute atomic E-state index is 7.08. The van der Waals surface area contributed by atoms with E-state index in [9.17, 15) is 0 Å². The van der Waals surface area contributed by atoms with Gasteiger partial charge in [-0.05, 0) is 271 Å². The summed E-state index contributed by atoms with van der Waals surface area (Å²) in [7, 11) is 0. The molecule has 0 saturated heterocycles. The van der Waals surface area contributed by atoms with Crippen molar-refractivity contribution in [1.82, 2.24) is 0 Å². The number of furan rings is 3. The highest BCUT2D eigenvalue weighted by atomic mass is 16.3. The largest absolute Gasteiger partial charge is 0.456 e. The maximum atomic E-state index is 7.08. The van der Waals surface area contributed by atoms with Gasteiger partial charge < -0.3 is 18.2 Å². The molecule has 0 N–H and O–H groups in total. The quantitative estimate of drug-likeness (QED) is 0.176. The van der Waals surface area contributed by atoms with Crippen LogP contribution in [0.4, 0.5) is 17.1 Å². The molecule has 16 aromatic carbocycles. The molecule has 26 rings (SSSR count). The molecule has 4 nitrogen and oxygen atoms in total. The zero-order valence-corrected chi connectivity index (χ0v) is 63.0. The molecule has 0 atom stereocenters. The van der Waals surface area contributed by atoms with Gasteiger partial charge in [0, 0.05) is 71.2 Å². The molecule has 0 radical (unpaired) electrons. The van der Waals surface area contributed by atoms with Gasteiger partial charge in [-0.1, -0.05) is 248 Å². The van der Waals surface area contributed by atoms with Crippen LogP contribution in [0.1, 0.15) is 125 Å². The minimum atomic E-state index is -0.736. The molecule has 112 heavy (non-hydrogen) atoms. The lowest BCUT2D eigenvalue weighted by Gasteiger charge is -2.33. The van der Waals surface area contributed by atoms with Gasteiger partial charge in [0.25, 0.3) is 0 Å². The highest BCUT2D eigenvalue weighted by Gasteiger charge is 2.57. The van der Waals surface area contributed by atoms with Crippen LogP contribution in [0.2, 0.25) is 0 Å². The molecule has 0 bridgehead atoms. The maximum Gasteiger partial charge on any atom is 0.143 e. The predicted octanol–water partition coefficient (Wildman–Crippen LogP) is 28.4. The monoisotopic (exact) mass is 1430 g/mol. The van der Waals surface area contributed by atoms with Gasteiger partial charge in [0.15, 0.2) is 0 Å². The number of hydrogen-bond donors (Lipinski definition) is 0. The Balaban J connectivity index is 0.728. The molecule has 0 unspecified atom stereocenters. The summed E-state index contributed by atoms with van der Waals surface area (Å²) in [6.45, 7) is 16.9. The molecular formula is C108H71NO3. The van der Waals surface area contributed by atoms with E-state index in [4.69, 9.17) is 13.3 Å². The van der Waals surface area contributed by atoms with Crippen LogP contribution in [0.15, 0.2) is 317 Å². The van der Waals surface area contributed by atoms with Crippen molar-refractivity contribution in [1.29, 1.82) is 0 Å². The Hall–Kier alpha value is -13.3. The Bertz CT molecular complexity index is 7550. The van der Waals surface area contributed by atoms with Crippen LogP contribution in [-0.4, -0.2) is 0 Å². The van der Waals surface area contributed by atoms with Gasteiger partial charge >= 0.3 is 0 Å². The van der Waals surface area contributed by atoms with Gasteiger partial charge in [-0.25, -0.2) is 0 Å². The second kappa shape index (κ2) is 20.6. The van der Waals surface area contributed by atoms with Crippen molar-refractivity contribution in [2.45, 2.75) is 75.5 Å². The first-order chi connectivity index (χ1) is 54.7. The zero-order valence-electron chi connectivity index (χ0n) is 63.0. The second-order valence-electron chi connectivity index (χ2n) is 34.4. The highest BCUT2D eigenvalue weighted by Crippen LogP contribution is 2.71. The summed E-state index contributed by atoms with van der Waals surface area (Å²) in [5, 5.41) is 6.98. The number of nitrogens with zero attached hydrogens (tertiary/aromatic N) is 1. The van der Waals surface area contributed by atoms with Crippen LogP contribution >= 0.6 is 0 Å². The van der Waals surface area contributed by atoms with Crippen molar-refractivity contribution in [2.24, 2.45) is 0 Å². The summed E-state index contributed by atoms with van der Waals surface area (Å²) in [4.78, 5) is 2.61. The summed E-state index contributed by atoms with van der Waals surface area (Å²) in [5.41, 5.74) is 46.1. The third kappa shape index (κ3) is 7.16. The van der Waals surface area contributed by atoms with Gasteiger partial charge in [0.1, 0.15) is 33.5 Å². The number of rotatable bonds is 4. The summed E-state index contributed by atoms with van der Waals surface area (Å²) < 4.78 is 20.6. The van der Waals surface area contributed by atoms with Gasteiger partial charge in [-0.2, -0.15) is 0 Å². The number of hydrogen-bond acceptors (Lipinski definition) is 4. The third-order valence-corrected chi connectivity index (χ3v) is 28.2. The Morgan fingerprint density at radius 2 is 0.554 bits per heavy atom. The Labute approximate surface area is 648 Å².